The third-order valence-corrected chi connectivity index (χ3v) is 5.06. The number of benzene rings is 1. The summed E-state index contributed by atoms with van der Waals surface area (Å²) in [6, 6.07) is 9.11. The van der Waals surface area contributed by atoms with E-state index in [1.54, 1.807) is 0 Å². The second-order valence-electron chi connectivity index (χ2n) is 5.35. The standard InChI is InChI=1S/C16H18N4O3S/c1-3-15-19-20-16(23-15)14-8-13(10-17-14)24(21,22)18-9-12-7-5-4-6-11(12)2/h4-8,10,17-18H,3,9H2,1-2H3. The average Bonchev–Trinajstić information content (AvgIpc) is 3.23. The van der Waals surface area contributed by atoms with Gasteiger partial charge in [0.1, 0.15) is 10.6 Å². The third-order valence-electron chi connectivity index (χ3n) is 3.68. The molecule has 3 aromatic rings. The van der Waals surface area contributed by atoms with E-state index < -0.39 is 10.0 Å². The monoisotopic (exact) mass is 346 g/mol. The highest BCUT2D eigenvalue weighted by molar-refractivity contribution is 7.89. The maximum absolute atomic E-state index is 12.4. The Morgan fingerprint density at radius 1 is 1.25 bits per heavy atom. The maximum Gasteiger partial charge on any atom is 0.264 e. The molecule has 0 aliphatic heterocycles. The molecule has 0 aliphatic rings. The van der Waals surface area contributed by atoms with E-state index in [1.165, 1.54) is 12.3 Å². The number of aromatic amines is 1. The quantitative estimate of drug-likeness (QED) is 0.714. The van der Waals surface area contributed by atoms with Crippen LogP contribution in [0.1, 0.15) is 23.9 Å². The van der Waals surface area contributed by atoms with E-state index in [-0.39, 0.29) is 17.3 Å². The van der Waals surface area contributed by atoms with Crippen LogP contribution in [0.4, 0.5) is 0 Å². The highest BCUT2D eigenvalue weighted by Crippen LogP contribution is 2.21. The van der Waals surface area contributed by atoms with Crippen LogP contribution in [0.15, 0.2) is 45.8 Å². The molecule has 0 fully saturated rings. The van der Waals surface area contributed by atoms with Crippen molar-refractivity contribution in [2.75, 3.05) is 0 Å². The molecule has 0 saturated heterocycles. The molecule has 0 atom stereocenters. The zero-order valence-electron chi connectivity index (χ0n) is 13.4. The molecular formula is C16H18N4O3S. The number of sulfonamides is 1. The topological polar surface area (TPSA) is 101 Å². The molecule has 0 bridgehead atoms. The molecule has 0 spiro atoms. The Morgan fingerprint density at radius 2 is 2.04 bits per heavy atom. The Balaban J connectivity index is 1.77. The molecule has 7 nitrogen and oxygen atoms in total. The Bertz CT molecular complexity index is 944. The fourth-order valence-electron chi connectivity index (χ4n) is 2.22. The van der Waals surface area contributed by atoms with Crippen molar-refractivity contribution in [1.29, 1.82) is 0 Å². The van der Waals surface area contributed by atoms with E-state index in [4.69, 9.17) is 4.42 Å². The Morgan fingerprint density at radius 3 is 2.75 bits per heavy atom. The first kappa shape index (κ1) is 16.4. The van der Waals surface area contributed by atoms with Gasteiger partial charge in [0.05, 0.1) is 0 Å². The van der Waals surface area contributed by atoms with Gasteiger partial charge in [0.2, 0.25) is 15.9 Å². The van der Waals surface area contributed by atoms with E-state index in [0.29, 0.717) is 18.0 Å². The van der Waals surface area contributed by atoms with Gasteiger partial charge in [-0.1, -0.05) is 31.2 Å². The first-order chi connectivity index (χ1) is 11.5. The number of rotatable bonds is 6. The van der Waals surface area contributed by atoms with E-state index in [0.717, 1.165) is 11.1 Å². The first-order valence-corrected chi connectivity index (χ1v) is 9.03. The second kappa shape index (κ2) is 6.58. The number of hydrogen-bond acceptors (Lipinski definition) is 5. The number of H-pyrrole nitrogens is 1. The first-order valence-electron chi connectivity index (χ1n) is 7.55. The minimum Gasteiger partial charge on any atom is -0.419 e. The molecule has 0 radical (unpaired) electrons. The van der Waals surface area contributed by atoms with Crippen molar-refractivity contribution in [3.63, 3.8) is 0 Å². The zero-order valence-corrected chi connectivity index (χ0v) is 14.2. The third kappa shape index (κ3) is 3.39. The van der Waals surface area contributed by atoms with Gasteiger partial charge in [-0.3, -0.25) is 0 Å². The molecule has 0 unspecified atom stereocenters. The van der Waals surface area contributed by atoms with E-state index in [9.17, 15) is 8.42 Å². The number of aromatic nitrogens is 3. The lowest BCUT2D eigenvalue weighted by Gasteiger charge is -2.07. The van der Waals surface area contributed by atoms with Gasteiger partial charge >= 0.3 is 0 Å². The van der Waals surface area contributed by atoms with E-state index in [2.05, 4.69) is 19.9 Å². The summed E-state index contributed by atoms with van der Waals surface area (Å²) in [7, 11) is -3.63. The fourth-order valence-corrected chi connectivity index (χ4v) is 3.22. The van der Waals surface area contributed by atoms with Gasteiger partial charge in [0, 0.05) is 19.2 Å². The van der Waals surface area contributed by atoms with Crippen LogP contribution in [0, 0.1) is 6.92 Å². The summed E-state index contributed by atoms with van der Waals surface area (Å²) in [5, 5.41) is 7.76. The van der Waals surface area contributed by atoms with Crippen molar-refractivity contribution in [1.82, 2.24) is 19.9 Å². The van der Waals surface area contributed by atoms with Gasteiger partial charge in [-0.05, 0) is 24.1 Å². The Kier molecular flexibility index (Phi) is 4.50. The predicted octanol–water partition coefficient (Wildman–Crippen LogP) is 2.41. The van der Waals surface area contributed by atoms with Crippen LogP contribution in [0.2, 0.25) is 0 Å². The van der Waals surface area contributed by atoms with Gasteiger partial charge in [-0.2, -0.15) is 0 Å². The van der Waals surface area contributed by atoms with Crippen LogP contribution in [-0.2, 0) is 23.0 Å². The number of hydrogen-bond donors (Lipinski definition) is 2. The SMILES string of the molecule is CCc1nnc(-c2cc(S(=O)(=O)NCc3ccccc3C)c[nH]2)o1. The summed E-state index contributed by atoms with van der Waals surface area (Å²) >= 11 is 0. The number of nitrogens with zero attached hydrogens (tertiary/aromatic N) is 2. The fraction of sp³-hybridized carbons (Fsp3) is 0.250. The summed E-state index contributed by atoms with van der Waals surface area (Å²) < 4.78 is 32.9. The van der Waals surface area contributed by atoms with Crippen LogP contribution in [-0.4, -0.2) is 23.6 Å². The summed E-state index contributed by atoms with van der Waals surface area (Å²) in [4.78, 5) is 2.99. The van der Waals surface area contributed by atoms with Crippen molar-refractivity contribution in [3.8, 4) is 11.6 Å². The van der Waals surface area contributed by atoms with Crippen molar-refractivity contribution >= 4 is 10.0 Å². The lowest BCUT2D eigenvalue weighted by atomic mass is 10.1. The van der Waals surface area contributed by atoms with Crippen LogP contribution in [0.3, 0.4) is 0 Å². The van der Waals surface area contributed by atoms with Crippen LogP contribution >= 0.6 is 0 Å². The smallest absolute Gasteiger partial charge is 0.264 e. The van der Waals surface area contributed by atoms with Crippen LogP contribution in [0.5, 0.6) is 0 Å². The molecule has 0 aliphatic carbocycles. The van der Waals surface area contributed by atoms with Crippen LogP contribution < -0.4 is 4.72 Å². The Hall–Kier alpha value is -2.45. The molecule has 0 amide bonds. The molecule has 1 aromatic carbocycles. The van der Waals surface area contributed by atoms with Gasteiger partial charge in [-0.15, -0.1) is 10.2 Å². The highest BCUT2D eigenvalue weighted by Gasteiger charge is 2.18. The zero-order chi connectivity index (χ0) is 17.2. The minimum atomic E-state index is -3.63. The molecule has 2 aromatic heterocycles. The van der Waals surface area contributed by atoms with Gasteiger partial charge in [-0.25, -0.2) is 13.1 Å². The highest BCUT2D eigenvalue weighted by atomic mass is 32.2. The molecule has 0 saturated carbocycles. The molecule has 24 heavy (non-hydrogen) atoms. The van der Waals surface area contributed by atoms with Gasteiger partial charge in [0.15, 0.2) is 0 Å². The summed E-state index contributed by atoms with van der Waals surface area (Å²) in [5.74, 6) is 0.772. The lowest BCUT2D eigenvalue weighted by molar-refractivity contribution is 0.511. The Labute approximate surface area is 140 Å². The normalized spacial score (nSPS) is 11.8. The van der Waals surface area contributed by atoms with E-state index >= 15 is 0 Å². The summed E-state index contributed by atoms with van der Waals surface area (Å²) in [5.41, 5.74) is 2.44. The number of nitrogens with one attached hydrogen (secondary N) is 2. The van der Waals surface area contributed by atoms with Crippen molar-refractivity contribution in [2.45, 2.75) is 31.7 Å². The van der Waals surface area contributed by atoms with Gasteiger partial charge < -0.3 is 9.40 Å². The van der Waals surface area contributed by atoms with Crippen molar-refractivity contribution in [2.24, 2.45) is 0 Å². The molecule has 126 valence electrons. The molecular weight excluding hydrogens is 328 g/mol. The predicted molar refractivity (Wildman–Crippen MR) is 88.7 cm³/mol. The lowest BCUT2D eigenvalue weighted by Crippen LogP contribution is -2.23. The van der Waals surface area contributed by atoms with Gasteiger partial charge in [0.25, 0.3) is 5.89 Å². The molecule has 2 heterocycles. The summed E-state index contributed by atoms with van der Waals surface area (Å²) in [6.45, 7) is 4.08. The molecule has 8 heteroatoms. The second-order valence-corrected chi connectivity index (χ2v) is 7.12. The summed E-state index contributed by atoms with van der Waals surface area (Å²) in [6.07, 6.45) is 2.03. The maximum atomic E-state index is 12.4. The molecule has 3 rings (SSSR count). The van der Waals surface area contributed by atoms with Crippen LogP contribution in [0.25, 0.3) is 11.6 Å². The molecule has 2 N–H and O–H groups in total. The van der Waals surface area contributed by atoms with Crippen molar-refractivity contribution in [3.05, 3.63) is 53.5 Å². The van der Waals surface area contributed by atoms with Crippen molar-refractivity contribution < 1.29 is 12.8 Å². The minimum absolute atomic E-state index is 0.127. The number of aryl methyl sites for hydroxylation is 2. The largest absolute Gasteiger partial charge is 0.419 e. The average molecular weight is 346 g/mol. The van der Waals surface area contributed by atoms with E-state index in [1.807, 2.05) is 38.1 Å².